The number of rotatable bonds is 6. The Hall–Kier alpha value is -2.54. The normalized spacial score (nSPS) is 16.8. The Bertz CT molecular complexity index is 670. The minimum Gasteiger partial charge on any atom is -0.376 e. The van der Waals surface area contributed by atoms with E-state index in [9.17, 15) is 9.18 Å². The molecule has 2 heterocycles. The Morgan fingerprint density at radius 1 is 1.17 bits per heavy atom. The topological polar surface area (TPSA) is 76.1 Å². The molecule has 0 spiro atoms. The van der Waals surface area contributed by atoms with Crippen LogP contribution < -0.4 is 10.6 Å². The van der Waals surface area contributed by atoms with Crippen LogP contribution in [-0.4, -0.2) is 35.4 Å². The van der Waals surface area contributed by atoms with Crippen molar-refractivity contribution in [1.29, 1.82) is 0 Å². The molecule has 3 rings (SSSR count). The Morgan fingerprint density at radius 3 is 2.58 bits per heavy atom. The van der Waals surface area contributed by atoms with Crippen LogP contribution in [0.3, 0.4) is 0 Å². The number of halogens is 1. The Labute approximate surface area is 139 Å². The molecular weight excluding hydrogens is 311 g/mol. The van der Waals surface area contributed by atoms with Gasteiger partial charge in [-0.05, 0) is 42.7 Å². The van der Waals surface area contributed by atoms with Gasteiger partial charge >= 0.3 is 0 Å². The monoisotopic (exact) mass is 330 g/mol. The van der Waals surface area contributed by atoms with E-state index in [1.807, 2.05) is 0 Å². The van der Waals surface area contributed by atoms with E-state index in [2.05, 4.69) is 20.8 Å². The number of carbonyl (C=O) groups is 1. The molecule has 1 aromatic heterocycles. The lowest BCUT2D eigenvalue weighted by Crippen LogP contribution is -2.19. The summed E-state index contributed by atoms with van der Waals surface area (Å²) >= 11 is 0. The van der Waals surface area contributed by atoms with E-state index in [4.69, 9.17) is 4.74 Å². The van der Waals surface area contributed by atoms with Crippen LogP contribution in [-0.2, 0) is 16.0 Å². The third-order valence-electron chi connectivity index (χ3n) is 3.74. The summed E-state index contributed by atoms with van der Waals surface area (Å²) in [7, 11) is 0. The summed E-state index contributed by atoms with van der Waals surface area (Å²) in [6.45, 7) is 1.52. The molecule has 1 fully saturated rings. The molecule has 126 valence electrons. The number of nitrogens with zero attached hydrogens (tertiary/aromatic N) is 2. The molecule has 7 heteroatoms. The maximum atomic E-state index is 12.8. The van der Waals surface area contributed by atoms with Crippen molar-refractivity contribution in [2.45, 2.75) is 25.4 Å². The Balaban J connectivity index is 1.47. The molecule has 0 saturated carbocycles. The van der Waals surface area contributed by atoms with Gasteiger partial charge in [-0.3, -0.25) is 4.79 Å². The minimum absolute atomic E-state index is 0.154. The van der Waals surface area contributed by atoms with Gasteiger partial charge in [0.1, 0.15) is 11.6 Å². The molecule has 1 aliphatic heterocycles. The third kappa shape index (κ3) is 4.73. The fraction of sp³-hybridized carbons (Fsp3) is 0.353. The maximum absolute atomic E-state index is 12.8. The second kappa shape index (κ2) is 7.83. The van der Waals surface area contributed by atoms with Crippen molar-refractivity contribution in [2.75, 3.05) is 23.8 Å². The molecule has 0 bridgehead atoms. The molecule has 1 amide bonds. The first-order valence-electron chi connectivity index (χ1n) is 7.92. The van der Waals surface area contributed by atoms with Gasteiger partial charge in [0.2, 0.25) is 5.91 Å². The van der Waals surface area contributed by atoms with Gasteiger partial charge in [0.05, 0.1) is 12.5 Å². The standard InChI is InChI=1S/C17H19FN4O2/c18-13-5-3-12(4-6-13)10-17(23)20-16-8-7-15(21-22-16)19-11-14-2-1-9-24-14/h3-8,14H,1-2,9-11H2,(H,19,21)(H,20,22,23). The molecule has 2 N–H and O–H groups in total. The molecule has 24 heavy (non-hydrogen) atoms. The lowest BCUT2D eigenvalue weighted by molar-refractivity contribution is -0.115. The predicted molar refractivity (Wildman–Crippen MR) is 88.2 cm³/mol. The zero-order valence-corrected chi connectivity index (χ0v) is 13.2. The average molecular weight is 330 g/mol. The summed E-state index contributed by atoms with van der Waals surface area (Å²) in [6.07, 6.45) is 2.53. The first kappa shape index (κ1) is 16.3. The molecule has 1 aliphatic rings. The van der Waals surface area contributed by atoms with Crippen LogP contribution in [0.4, 0.5) is 16.0 Å². The van der Waals surface area contributed by atoms with E-state index >= 15 is 0 Å². The average Bonchev–Trinajstić information content (AvgIpc) is 3.10. The van der Waals surface area contributed by atoms with Crippen molar-refractivity contribution in [3.05, 3.63) is 47.8 Å². The van der Waals surface area contributed by atoms with Gasteiger partial charge in [-0.2, -0.15) is 0 Å². The molecule has 0 radical (unpaired) electrons. The highest BCUT2D eigenvalue weighted by atomic mass is 19.1. The molecule has 1 unspecified atom stereocenters. The van der Waals surface area contributed by atoms with Gasteiger partial charge < -0.3 is 15.4 Å². The summed E-state index contributed by atoms with van der Waals surface area (Å²) in [4.78, 5) is 11.9. The lowest BCUT2D eigenvalue weighted by atomic mass is 10.1. The van der Waals surface area contributed by atoms with Gasteiger partial charge in [-0.25, -0.2) is 4.39 Å². The van der Waals surface area contributed by atoms with Gasteiger partial charge in [0, 0.05) is 13.2 Å². The van der Waals surface area contributed by atoms with Crippen molar-refractivity contribution in [2.24, 2.45) is 0 Å². The molecule has 1 aromatic carbocycles. The van der Waals surface area contributed by atoms with Crippen molar-refractivity contribution in [3.63, 3.8) is 0 Å². The fourth-order valence-corrected chi connectivity index (χ4v) is 2.49. The molecule has 1 saturated heterocycles. The number of benzene rings is 1. The first-order chi connectivity index (χ1) is 11.7. The molecule has 6 nitrogen and oxygen atoms in total. The fourth-order valence-electron chi connectivity index (χ4n) is 2.49. The van der Waals surface area contributed by atoms with Gasteiger partial charge in [0.15, 0.2) is 5.82 Å². The second-order valence-corrected chi connectivity index (χ2v) is 5.67. The van der Waals surface area contributed by atoms with E-state index in [-0.39, 0.29) is 24.2 Å². The zero-order chi connectivity index (χ0) is 16.8. The summed E-state index contributed by atoms with van der Waals surface area (Å²) in [5.41, 5.74) is 0.733. The Kier molecular flexibility index (Phi) is 5.32. The number of aromatic nitrogens is 2. The molecule has 2 aromatic rings. The zero-order valence-electron chi connectivity index (χ0n) is 13.2. The minimum atomic E-state index is -0.323. The third-order valence-corrected chi connectivity index (χ3v) is 3.74. The van der Waals surface area contributed by atoms with E-state index < -0.39 is 0 Å². The van der Waals surface area contributed by atoms with Crippen LogP contribution in [0, 0.1) is 5.82 Å². The number of hydrogen-bond donors (Lipinski definition) is 2. The summed E-state index contributed by atoms with van der Waals surface area (Å²) in [5, 5.41) is 13.8. The van der Waals surface area contributed by atoms with E-state index in [1.165, 1.54) is 12.1 Å². The van der Waals surface area contributed by atoms with Crippen LogP contribution in [0.15, 0.2) is 36.4 Å². The highest BCUT2D eigenvalue weighted by Gasteiger charge is 2.15. The molecule has 1 atom stereocenters. The van der Waals surface area contributed by atoms with Gasteiger partial charge in [-0.1, -0.05) is 12.1 Å². The predicted octanol–water partition coefficient (Wildman–Crippen LogP) is 2.39. The number of hydrogen-bond acceptors (Lipinski definition) is 5. The Morgan fingerprint density at radius 2 is 1.92 bits per heavy atom. The van der Waals surface area contributed by atoms with Crippen molar-refractivity contribution in [1.82, 2.24) is 10.2 Å². The highest BCUT2D eigenvalue weighted by Crippen LogP contribution is 2.13. The molecule has 0 aliphatic carbocycles. The SMILES string of the molecule is O=C(Cc1ccc(F)cc1)Nc1ccc(NCC2CCCO2)nn1. The highest BCUT2D eigenvalue weighted by molar-refractivity contribution is 5.91. The van der Waals surface area contributed by atoms with Crippen molar-refractivity contribution < 1.29 is 13.9 Å². The van der Waals surface area contributed by atoms with Crippen LogP contribution in [0.2, 0.25) is 0 Å². The van der Waals surface area contributed by atoms with E-state index in [0.717, 1.165) is 25.0 Å². The smallest absolute Gasteiger partial charge is 0.229 e. The van der Waals surface area contributed by atoms with Crippen LogP contribution in [0.25, 0.3) is 0 Å². The second-order valence-electron chi connectivity index (χ2n) is 5.67. The lowest BCUT2D eigenvalue weighted by Gasteiger charge is -2.11. The van der Waals surface area contributed by atoms with Crippen molar-refractivity contribution >= 4 is 17.5 Å². The van der Waals surface area contributed by atoms with Crippen LogP contribution in [0.5, 0.6) is 0 Å². The van der Waals surface area contributed by atoms with E-state index in [1.54, 1.807) is 24.3 Å². The quantitative estimate of drug-likeness (QED) is 0.850. The van der Waals surface area contributed by atoms with Gasteiger partial charge in [0.25, 0.3) is 0 Å². The number of anilines is 2. The number of carbonyl (C=O) groups excluding carboxylic acids is 1. The summed E-state index contributed by atoms with van der Waals surface area (Å²) in [6, 6.07) is 9.27. The molecular formula is C17H19FN4O2. The maximum Gasteiger partial charge on any atom is 0.229 e. The van der Waals surface area contributed by atoms with Crippen LogP contribution >= 0.6 is 0 Å². The number of ether oxygens (including phenoxy) is 1. The van der Waals surface area contributed by atoms with Crippen molar-refractivity contribution in [3.8, 4) is 0 Å². The summed E-state index contributed by atoms with van der Waals surface area (Å²) in [5.74, 6) is 0.471. The van der Waals surface area contributed by atoms with Crippen LogP contribution in [0.1, 0.15) is 18.4 Å². The number of amides is 1. The van der Waals surface area contributed by atoms with E-state index in [0.29, 0.717) is 18.2 Å². The summed E-state index contributed by atoms with van der Waals surface area (Å²) < 4.78 is 18.4. The first-order valence-corrected chi connectivity index (χ1v) is 7.92. The van der Waals surface area contributed by atoms with Gasteiger partial charge in [-0.15, -0.1) is 10.2 Å². The largest absolute Gasteiger partial charge is 0.376 e. The number of nitrogens with one attached hydrogen (secondary N) is 2.